The molecule has 200 valence electrons. The summed E-state index contributed by atoms with van der Waals surface area (Å²) in [6.45, 7) is 9.36. The Morgan fingerprint density at radius 3 is 2.51 bits per heavy atom. The Morgan fingerprint density at radius 1 is 1.16 bits per heavy atom. The van der Waals surface area contributed by atoms with Gasteiger partial charge in [0.2, 0.25) is 11.4 Å². The molecule has 1 aliphatic heterocycles. The third kappa shape index (κ3) is 10.2. The fourth-order valence-electron chi connectivity index (χ4n) is 3.31. The molecule has 2 aromatic carbocycles. The van der Waals surface area contributed by atoms with Gasteiger partial charge in [0.05, 0.1) is 18.9 Å². The maximum absolute atomic E-state index is 11.9. The highest BCUT2D eigenvalue weighted by Crippen LogP contribution is 2.35. The summed E-state index contributed by atoms with van der Waals surface area (Å²) in [6, 6.07) is 13.5. The first-order valence-corrected chi connectivity index (χ1v) is 14.2. The summed E-state index contributed by atoms with van der Waals surface area (Å²) >= 11 is 9.04. The van der Waals surface area contributed by atoms with Crippen LogP contribution in [0.5, 0.6) is 0 Å². The molecule has 1 aliphatic rings. The van der Waals surface area contributed by atoms with E-state index in [4.69, 9.17) is 21.1 Å². The van der Waals surface area contributed by atoms with Crippen LogP contribution in [0.25, 0.3) is 0 Å². The minimum absolute atomic E-state index is 0.179. The highest BCUT2D eigenvalue weighted by Gasteiger charge is 2.19. The molecule has 12 heteroatoms. The third-order valence-corrected chi connectivity index (χ3v) is 7.44. The maximum Gasteiger partial charge on any atom is 0.227 e. The van der Waals surface area contributed by atoms with E-state index in [-0.39, 0.29) is 5.91 Å². The molecular formula is C25H33ClN6O3S2. The lowest BCUT2D eigenvalue weighted by Crippen LogP contribution is -2.31. The number of aliphatic imine (C=N–C) groups is 1. The Balaban J connectivity index is 1.64. The SMILES string of the molecule is CCOCCN(CCOCC)c1ccc(N=NC2N=CN(SCc3ccc(Cl)cc3)S2)c(NC(C)=O)c1. The van der Waals surface area contributed by atoms with Gasteiger partial charge in [-0.2, -0.15) is 5.11 Å². The number of benzene rings is 2. The lowest BCUT2D eigenvalue weighted by Gasteiger charge is -2.25. The molecule has 1 amide bonds. The summed E-state index contributed by atoms with van der Waals surface area (Å²) in [4.78, 5) is 18.5. The van der Waals surface area contributed by atoms with Gasteiger partial charge in [-0.1, -0.05) is 23.7 Å². The predicted molar refractivity (Wildman–Crippen MR) is 155 cm³/mol. The summed E-state index contributed by atoms with van der Waals surface area (Å²) in [5, 5.41) is 12.4. The molecule has 0 saturated heterocycles. The van der Waals surface area contributed by atoms with Crippen LogP contribution < -0.4 is 10.2 Å². The van der Waals surface area contributed by atoms with Crippen LogP contribution in [0.4, 0.5) is 17.1 Å². The molecule has 1 atom stereocenters. The molecule has 0 saturated carbocycles. The van der Waals surface area contributed by atoms with Crippen molar-refractivity contribution >= 4 is 64.8 Å². The molecule has 0 spiro atoms. The van der Waals surface area contributed by atoms with Gasteiger partial charge in [0.15, 0.2) is 0 Å². The maximum atomic E-state index is 11.9. The summed E-state index contributed by atoms with van der Waals surface area (Å²) < 4.78 is 13.1. The second-order valence-electron chi connectivity index (χ2n) is 7.86. The first-order valence-electron chi connectivity index (χ1n) is 12.1. The second-order valence-corrected chi connectivity index (χ2v) is 10.5. The van der Waals surface area contributed by atoms with E-state index in [9.17, 15) is 4.79 Å². The number of nitrogens with zero attached hydrogens (tertiary/aromatic N) is 5. The average molecular weight is 565 g/mol. The van der Waals surface area contributed by atoms with Gasteiger partial charge < -0.3 is 19.7 Å². The zero-order chi connectivity index (χ0) is 26.5. The smallest absolute Gasteiger partial charge is 0.227 e. The van der Waals surface area contributed by atoms with Gasteiger partial charge in [-0.3, -0.25) is 4.79 Å². The molecule has 1 unspecified atom stereocenters. The van der Waals surface area contributed by atoms with Gasteiger partial charge in [-0.15, -0.1) is 5.11 Å². The lowest BCUT2D eigenvalue weighted by molar-refractivity contribution is -0.114. The van der Waals surface area contributed by atoms with Crippen molar-refractivity contribution in [2.75, 3.05) is 49.7 Å². The molecule has 1 N–H and O–H groups in total. The molecule has 0 aliphatic carbocycles. The zero-order valence-corrected chi connectivity index (χ0v) is 23.7. The fourth-order valence-corrected chi connectivity index (χ4v) is 5.15. The van der Waals surface area contributed by atoms with Crippen molar-refractivity contribution in [1.29, 1.82) is 0 Å². The highest BCUT2D eigenvalue weighted by atomic mass is 35.5. The Morgan fingerprint density at radius 2 is 1.86 bits per heavy atom. The molecule has 1 heterocycles. The van der Waals surface area contributed by atoms with E-state index in [1.54, 1.807) is 18.3 Å². The van der Waals surface area contributed by atoms with E-state index in [0.29, 0.717) is 50.9 Å². The van der Waals surface area contributed by atoms with Gasteiger partial charge in [0.1, 0.15) is 12.0 Å². The van der Waals surface area contributed by atoms with Crippen molar-refractivity contribution in [1.82, 2.24) is 3.71 Å². The normalized spacial score (nSPS) is 15.0. The number of ether oxygens (including phenoxy) is 2. The van der Waals surface area contributed by atoms with Crippen LogP contribution in [0.15, 0.2) is 57.7 Å². The molecule has 0 aromatic heterocycles. The van der Waals surface area contributed by atoms with Gasteiger partial charge in [-0.25, -0.2) is 8.70 Å². The number of amides is 1. The quantitative estimate of drug-likeness (QED) is 0.152. The summed E-state index contributed by atoms with van der Waals surface area (Å²) in [6.07, 6.45) is 1.75. The van der Waals surface area contributed by atoms with Crippen molar-refractivity contribution in [3.63, 3.8) is 0 Å². The summed E-state index contributed by atoms with van der Waals surface area (Å²) in [7, 11) is 0. The zero-order valence-electron chi connectivity index (χ0n) is 21.3. The van der Waals surface area contributed by atoms with Crippen molar-refractivity contribution in [2.24, 2.45) is 15.2 Å². The second kappa shape index (κ2) is 15.8. The summed E-state index contributed by atoms with van der Waals surface area (Å²) in [5.41, 5.74) is 2.88. The number of rotatable bonds is 15. The average Bonchev–Trinajstić information content (AvgIpc) is 3.34. The monoisotopic (exact) mass is 564 g/mol. The standard InChI is InChI=1S/C25H33ClN6O3S2/c1-4-34-14-12-31(13-15-35-5-2)22-10-11-23(24(16-22)28-19(3)33)29-30-25-27-18-32(37-25)36-17-20-6-8-21(26)9-7-20/h6-11,16,18,25H,4-5,12-15,17H2,1-3H3,(H,28,33). The Bertz CT molecular complexity index is 1050. The number of azo groups is 1. The van der Waals surface area contributed by atoms with E-state index < -0.39 is 5.50 Å². The molecule has 3 rings (SSSR count). The van der Waals surface area contributed by atoms with Crippen LogP contribution in [-0.2, 0) is 20.0 Å². The van der Waals surface area contributed by atoms with Crippen molar-refractivity contribution in [3.05, 3.63) is 53.1 Å². The van der Waals surface area contributed by atoms with Crippen molar-refractivity contribution < 1.29 is 14.3 Å². The molecule has 2 aromatic rings. The van der Waals surface area contributed by atoms with Gasteiger partial charge in [0.25, 0.3) is 0 Å². The van der Waals surface area contributed by atoms with Crippen molar-refractivity contribution in [2.45, 2.75) is 32.0 Å². The molecule has 0 bridgehead atoms. The number of hydrogen-bond donors (Lipinski definition) is 1. The van der Waals surface area contributed by atoms with Crippen LogP contribution in [-0.4, -0.2) is 61.0 Å². The van der Waals surface area contributed by atoms with E-state index in [1.165, 1.54) is 24.4 Å². The van der Waals surface area contributed by atoms with Crippen LogP contribution in [0.2, 0.25) is 5.02 Å². The highest BCUT2D eigenvalue weighted by molar-refractivity contribution is 8.12. The van der Waals surface area contributed by atoms with Gasteiger partial charge in [0, 0.05) is 61.6 Å². The molecule has 37 heavy (non-hydrogen) atoms. The van der Waals surface area contributed by atoms with E-state index in [2.05, 4.69) is 25.4 Å². The largest absolute Gasteiger partial charge is 0.380 e. The Labute approximate surface area is 232 Å². The minimum atomic E-state index is -0.392. The number of anilines is 2. The molecule has 0 radical (unpaired) electrons. The minimum Gasteiger partial charge on any atom is -0.380 e. The third-order valence-electron chi connectivity index (χ3n) is 5.10. The first kappa shape index (κ1) is 29.2. The predicted octanol–water partition coefficient (Wildman–Crippen LogP) is 6.39. The van der Waals surface area contributed by atoms with Crippen LogP contribution in [0.3, 0.4) is 0 Å². The lowest BCUT2D eigenvalue weighted by atomic mass is 10.2. The van der Waals surface area contributed by atoms with Gasteiger partial charge in [-0.05, 0) is 61.7 Å². The van der Waals surface area contributed by atoms with Gasteiger partial charge >= 0.3 is 0 Å². The number of nitrogens with one attached hydrogen (secondary N) is 1. The Kier molecular flexibility index (Phi) is 12.5. The topological polar surface area (TPSA) is 91.1 Å². The number of hydrogen-bond acceptors (Lipinski definition) is 10. The van der Waals surface area contributed by atoms with E-state index >= 15 is 0 Å². The van der Waals surface area contributed by atoms with Crippen LogP contribution >= 0.6 is 35.5 Å². The number of carbonyl (C=O) groups excluding carboxylic acids is 1. The number of halogens is 1. The van der Waals surface area contributed by atoms with E-state index in [0.717, 1.165) is 16.5 Å². The first-order chi connectivity index (χ1) is 18.0. The summed E-state index contributed by atoms with van der Waals surface area (Å²) in [5.74, 6) is 0.610. The van der Waals surface area contributed by atoms with E-state index in [1.807, 2.05) is 60.0 Å². The Hall–Kier alpha value is -2.31. The molecular weight excluding hydrogens is 532 g/mol. The molecule has 0 fully saturated rings. The fraction of sp³-hybridized carbons (Fsp3) is 0.440. The number of carbonyl (C=O) groups is 1. The van der Waals surface area contributed by atoms with Crippen LogP contribution in [0, 0.1) is 0 Å². The van der Waals surface area contributed by atoms with Crippen LogP contribution in [0.1, 0.15) is 26.3 Å². The molecule has 9 nitrogen and oxygen atoms in total. The van der Waals surface area contributed by atoms with Crippen molar-refractivity contribution in [3.8, 4) is 0 Å².